The zero-order chi connectivity index (χ0) is 14.9. The van der Waals surface area contributed by atoms with E-state index in [-0.39, 0.29) is 5.91 Å². The first-order valence-corrected chi connectivity index (χ1v) is 8.20. The SMILES string of the molecule is COCCC1(CNc2snc(N)c2C(=O)NC2CC2)CC1. The van der Waals surface area contributed by atoms with Crippen LogP contribution in [-0.2, 0) is 4.74 Å². The average molecular weight is 310 g/mol. The fourth-order valence-electron chi connectivity index (χ4n) is 2.41. The molecular weight excluding hydrogens is 288 g/mol. The maximum Gasteiger partial charge on any atom is 0.258 e. The molecule has 2 saturated carbocycles. The van der Waals surface area contributed by atoms with Crippen LogP contribution >= 0.6 is 11.5 Å². The van der Waals surface area contributed by atoms with Crippen molar-refractivity contribution in [2.45, 2.75) is 38.1 Å². The second kappa shape index (κ2) is 5.81. The minimum Gasteiger partial charge on any atom is -0.385 e. The quantitative estimate of drug-likeness (QED) is 0.682. The summed E-state index contributed by atoms with van der Waals surface area (Å²) in [5, 5.41) is 7.14. The normalized spacial score (nSPS) is 19.3. The summed E-state index contributed by atoms with van der Waals surface area (Å²) in [6, 6.07) is 0.320. The summed E-state index contributed by atoms with van der Waals surface area (Å²) in [7, 11) is 1.73. The van der Waals surface area contributed by atoms with E-state index in [0.29, 0.717) is 22.8 Å². The molecule has 1 aromatic heterocycles. The van der Waals surface area contributed by atoms with E-state index in [1.807, 2.05) is 0 Å². The lowest BCUT2D eigenvalue weighted by Crippen LogP contribution is -2.27. The third-order valence-corrected chi connectivity index (χ3v) is 5.09. The highest BCUT2D eigenvalue weighted by Gasteiger charge is 2.42. The molecule has 1 heterocycles. The Morgan fingerprint density at radius 2 is 2.29 bits per heavy atom. The third kappa shape index (κ3) is 3.47. The molecule has 0 saturated heterocycles. The maximum atomic E-state index is 12.2. The van der Waals surface area contributed by atoms with Crippen LogP contribution in [-0.4, -0.2) is 36.6 Å². The number of carbonyl (C=O) groups excluding carboxylic acids is 1. The Hall–Kier alpha value is -1.34. The van der Waals surface area contributed by atoms with Crippen LogP contribution in [0.25, 0.3) is 0 Å². The fourth-order valence-corrected chi connectivity index (χ4v) is 3.11. The zero-order valence-corrected chi connectivity index (χ0v) is 13.1. The average Bonchev–Trinajstić information content (AvgIpc) is 3.37. The lowest BCUT2D eigenvalue weighted by Gasteiger charge is -2.16. The molecule has 116 valence electrons. The Morgan fingerprint density at radius 3 is 2.90 bits per heavy atom. The molecule has 6 nitrogen and oxygen atoms in total. The summed E-state index contributed by atoms with van der Waals surface area (Å²) in [6.45, 7) is 1.63. The Labute approximate surface area is 128 Å². The summed E-state index contributed by atoms with van der Waals surface area (Å²) in [5.74, 6) is 0.218. The summed E-state index contributed by atoms with van der Waals surface area (Å²) < 4.78 is 9.28. The molecule has 0 atom stereocenters. The second-order valence-electron chi connectivity index (χ2n) is 6.12. The van der Waals surface area contributed by atoms with Gasteiger partial charge in [0.05, 0.1) is 0 Å². The van der Waals surface area contributed by atoms with E-state index in [2.05, 4.69) is 15.0 Å². The molecular formula is C14H22N4O2S. The van der Waals surface area contributed by atoms with Crippen molar-refractivity contribution in [1.29, 1.82) is 0 Å². The maximum absolute atomic E-state index is 12.2. The highest BCUT2D eigenvalue weighted by Crippen LogP contribution is 2.49. The van der Waals surface area contributed by atoms with E-state index < -0.39 is 0 Å². The van der Waals surface area contributed by atoms with Gasteiger partial charge < -0.3 is 21.1 Å². The first-order valence-electron chi connectivity index (χ1n) is 7.42. The molecule has 1 amide bonds. The number of nitrogens with zero attached hydrogens (tertiary/aromatic N) is 1. The van der Waals surface area contributed by atoms with Crippen molar-refractivity contribution in [2.24, 2.45) is 5.41 Å². The Kier molecular flexibility index (Phi) is 4.03. The van der Waals surface area contributed by atoms with Gasteiger partial charge in [-0.1, -0.05) is 0 Å². The zero-order valence-electron chi connectivity index (χ0n) is 12.3. The number of aromatic nitrogens is 1. The lowest BCUT2D eigenvalue weighted by molar-refractivity contribution is 0.0953. The van der Waals surface area contributed by atoms with Gasteiger partial charge >= 0.3 is 0 Å². The monoisotopic (exact) mass is 310 g/mol. The number of hydrogen-bond donors (Lipinski definition) is 3. The summed E-state index contributed by atoms with van der Waals surface area (Å²) in [5.41, 5.74) is 6.68. The van der Waals surface area contributed by atoms with E-state index >= 15 is 0 Å². The van der Waals surface area contributed by atoms with Crippen LogP contribution in [0, 0.1) is 5.41 Å². The van der Waals surface area contributed by atoms with Crippen LogP contribution in [0.15, 0.2) is 0 Å². The van der Waals surface area contributed by atoms with Crippen molar-refractivity contribution in [3.8, 4) is 0 Å². The number of nitrogens with one attached hydrogen (secondary N) is 2. The predicted molar refractivity (Wildman–Crippen MR) is 83.7 cm³/mol. The molecule has 2 fully saturated rings. The molecule has 0 unspecified atom stereocenters. The van der Waals surface area contributed by atoms with Crippen molar-refractivity contribution in [3.63, 3.8) is 0 Å². The van der Waals surface area contributed by atoms with Gasteiger partial charge in [-0.3, -0.25) is 4.79 Å². The Bertz CT molecular complexity index is 523. The van der Waals surface area contributed by atoms with Crippen molar-refractivity contribution in [3.05, 3.63) is 5.56 Å². The minimum absolute atomic E-state index is 0.104. The van der Waals surface area contributed by atoms with Gasteiger partial charge in [-0.2, -0.15) is 4.37 Å². The first-order chi connectivity index (χ1) is 10.1. The molecule has 0 bridgehead atoms. The van der Waals surface area contributed by atoms with Crippen molar-refractivity contribution >= 4 is 28.3 Å². The van der Waals surface area contributed by atoms with Gasteiger partial charge in [-0.25, -0.2) is 0 Å². The standard InChI is InChI=1S/C14H22N4O2S/c1-20-7-6-14(4-5-14)8-16-13-10(11(15)18-21-13)12(19)17-9-2-3-9/h9,16H,2-8H2,1H3,(H2,15,18)(H,17,19). The van der Waals surface area contributed by atoms with Crippen LogP contribution in [0.4, 0.5) is 10.8 Å². The number of hydrogen-bond acceptors (Lipinski definition) is 6. The largest absolute Gasteiger partial charge is 0.385 e. The highest BCUT2D eigenvalue weighted by molar-refractivity contribution is 7.11. The topological polar surface area (TPSA) is 89.3 Å². The van der Waals surface area contributed by atoms with E-state index in [1.165, 1.54) is 24.4 Å². The van der Waals surface area contributed by atoms with Gasteiger partial charge in [0.25, 0.3) is 5.91 Å². The Morgan fingerprint density at radius 1 is 1.52 bits per heavy atom. The fraction of sp³-hybridized carbons (Fsp3) is 0.714. The van der Waals surface area contributed by atoms with E-state index in [4.69, 9.17) is 10.5 Å². The lowest BCUT2D eigenvalue weighted by atomic mass is 10.0. The number of ether oxygens (including phenoxy) is 1. The van der Waals surface area contributed by atoms with Crippen molar-refractivity contribution in [2.75, 3.05) is 31.3 Å². The number of nitrogen functional groups attached to an aromatic ring is 1. The summed E-state index contributed by atoms with van der Waals surface area (Å²) in [4.78, 5) is 12.2. The van der Waals surface area contributed by atoms with Gasteiger partial charge in [0.2, 0.25) is 0 Å². The molecule has 1 aromatic rings. The Balaban J connectivity index is 1.61. The molecule has 21 heavy (non-hydrogen) atoms. The first kappa shape index (κ1) is 14.6. The number of amides is 1. The van der Waals surface area contributed by atoms with Crippen LogP contribution < -0.4 is 16.4 Å². The molecule has 0 aromatic carbocycles. The van der Waals surface area contributed by atoms with Gasteiger partial charge in [0.15, 0.2) is 5.82 Å². The van der Waals surface area contributed by atoms with Gasteiger partial charge in [0, 0.05) is 26.3 Å². The molecule has 4 N–H and O–H groups in total. The van der Waals surface area contributed by atoms with Gasteiger partial charge in [0.1, 0.15) is 10.6 Å². The van der Waals surface area contributed by atoms with Gasteiger partial charge in [-0.15, -0.1) is 0 Å². The molecule has 0 aliphatic heterocycles. The third-order valence-electron chi connectivity index (χ3n) is 4.28. The highest BCUT2D eigenvalue weighted by atomic mass is 32.1. The molecule has 7 heteroatoms. The van der Waals surface area contributed by atoms with E-state index in [1.54, 1.807) is 7.11 Å². The summed E-state index contributed by atoms with van der Waals surface area (Å²) in [6.07, 6.45) is 5.59. The van der Waals surface area contributed by atoms with Crippen molar-refractivity contribution < 1.29 is 9.53 Å². The summed E-state index contributed by atoms with van der Waals surface area (Å²) >= 11 is 1.27. The van der Waals surface area contributed by atoms with Crippen LogP contribution in [0.2, 0.25) is 0 Å². The van der Waals surface area contributed by atoms with Crippen LogP contribution in [0.3, 0.4) is 0 Å². The molecule has 0 spiro atoms. The van der Waals surface area contributed by atoms with Crippen LogP contribution in [0.5, 0.6) is 0 Å². The number of methoxy groups -OCH3 is 1. The second-order valence-corrected chi connectivity index (χ2v) is 6.89. The number of rotatable bonds is 8. The number of anilines is 2. The predicted octanol–water partition coefficient (Wildman–Crippen LogP) is 1.85. The van der Waals surface area contributed by atoms with E-state index in [9.17, 15) is 4.79 Å². The molecule has 2 aliphatic carbocycles. The smallest absolute Gasteiger partial charge is 0.258 e. The molecule has 3 rings (SSSR count). The minimum atomic E-state index is -0.104. The molecule has 0 radical (unpaired) electrons. The number of nitrogens with two attached hydrogens (primary N) is 1. The van der Waals surface area contributed by atoms with Crippen LogP contribution in [0.1, 0.15) is 42.5 Å². The number of carbonyl (C=O) groups is 1. The molecule has 2 aliphatic rings. The van der Waals surface area contributed by atoms with E-state index in [0.717, 1.165) is 37.4 Å². The van der Waals surface area contributed by atoms with Gasteiger partial charge in [-0.05, 0) is 49.1 Å². The van der Waals surface area contributed by atoms with Crippen molar-refractivity contribution in [1.82, 2.24) is 9.69 Å².